The molecule has 3 aromatic carbocycles. The standard InChI is InChI=1S/C28H32N2O2/c1-3-26(28(32)29-4-2)30(21-22-14-8-5-9-15-22)27(31)20-25(23-16-10-6-11-17-23)24-18-12-7-13-19-24/h5-19,25-26H,3-4,20-21H2,1-2H3,(H,29,32)/t26-/m1/s1. The van der Waals surface area contributed by atoms with Crippen molar-refractivity contribution in [1.82, 2.24) is 10.2 Å². The predicted molar refractivity (Wildman–Crippen MR) is 129 cm³/mol. The molecule has 0 saturated carbocycles. The maximum absolute atomic E-state index is 13.8. The Morgan fingerprint density at radius 2 is 1.28 bits per heavy atom. The van der Waals surface area contributed by atoms with E-state index >= 15 is 0 Å². The summed E-state index contributed by atoms with van der Waals surface area (Å²) < 4.78 is 0. The van der Waals surface area contributed by atoms with Crippen LogP contribution in [0.15, 0.2) is 91.0 Å². The van der Waals surface area contributed by atoms with Gasteiger partial charge in [0.15, 0.2) is 0 Å². The van der Waals surface area contributed by atoms with E-state index in [4.69, 9.17) is 0 Å². The quantitative estimate of drug-likeness (QED) is 0.485. The van der Waals surface area contributed by atoms with E-state index in [1.54, 1.807) is 4.90 Å². The molecule has 0 heterocycles. The number of benzene rings is 3. The number of amides is 2. The average molecular weight is 429 g/mol. The van der Waals surface area contributed by atoms with Gasteiger partial charge >= 0.3 is 0 Å². The highest BCUT2D eigenvalue weighted by atomic mass is 16.2. The second-order valence-corrected chi connectivity index (χ2v) is 7.90. The highest BCUT2D eigenvalue weighted by molar-refractivity contribution is 5.88. The molecule has 4 nitrogen and oxygen atoms in total. The number of hydrogen-bond acceptors (Lipinski definition) is 2. The molecular formula is C28H32N2O2. The molecule has 0 aliphatic carbocycles. The monoisotopic (exact) mass is 428 g/mol. The summed E-state index contributed by atoms with van der Waals surface area (Å²) in [5, 5.41) is 2.90. The fourth-order valence-corrected chi connectivity index (χ4v) is 4.08. The summed E-state index contributed by atoms with van der Waals surface area (Å²) in [4.78, 5) is 28.3. The summed E-state index contributed by atoms with van der Waals surface area (Å²) >= 11 is 0. The van der Waals surface area contributed by atoms with Crippen LogP contribution in [0.25, 0.3) is 0 Å². The second-order valence-electron chi connectivity index (χ2n) is 7.90. The molecule has 2 amide bonds. The van der Waals surface area contributed by atoms with Crippen molar-refractivity contribution >= 4 is 11.8 Å². The maximum Gasteiger partial charge on any atom is 0.242 e. The Labute approximate surface area is 191 Å². The first-order valence-corrected chi connectivity index (χ1v) is 11.3. The van der Waals surface area contributed by atoms with Gasteiger partial charge in [0, 0.05) is 25.4 Å². The van der Waals surface area contributed by atoms with Gasteiger partial charge < -0.3 is 10.2 Å². The molecule has 1 N–H and O–H groups in total. The van der Waals surface area contributed by atoms with Crippen LogP contribution in [0.3, 0.4) is 0 Å². The molecule has 3 rings (SSSR count). The van der Waals surface area contributed by atoms with Crippen molar-refractivity contribution in [3.63, 3.8) is 0 Å². The fourth-order valence-electron chi connectivity index (χ4n) is 4.08. The lowest BCUT2D eigenvalue weighted by Gasteiger charge is -2.32. The largest absolute Gasteiger partial charge is 0.355 e. The highest BCUT2D eigenvalue weighted by Gasteiger charge is 2.30. The third-order valence-corrected chi connectivity index (χ3v) is 5.72. The zero-order valence-corrected chi connectivity index (χ0v) is 18.9. The summed E-state index contributed by atoms with van der Waals surface area (Å²) in [6.45, 7) is 4.80. The van der Waals surface area contributed by atoms with Gasteiger partial charge in [-0.2, -0.15) is 0 Å². The number of nitrogens with zero attached hydrogens (tertiary/aromatic N) is 1. The van der Waals surface area contributed by atoms with Crippen molar-refractivity contribution in [2.45, 2.75) is 45.2 Å². The van der Waals surface area contributed by atoms with E-state index in [9.17, 15) is 9.59 Å². The molecular weight excluding hydrogens is 396 g/mol. The number of carbonyl (C=O) groups is 2. The van der Waals surface area contributed by atoms with Gasteiger partial charge in [-0.1, -0.05) is 97.9 Å². The number of carbonyl (C=O) groups excluding carboxylic acids is 2. The smallest absolute Gasteiger partial charge is 0.242 e. The predicted octanol–water partition coefficient (Wildman–Crippen LogP) is 5.15. The Bertz CT molecular complexity index is 935. The van der Waals surface area contributed by atoms with Gasteiger partial charge in [0.25, 0.3) is 0 Å². The first-order chi connectivity index (χ1) is 15.6. The van der Waals surface area contributed by atoms with E-state index < -0.39 is 6.04 Å². The van der Waals surface area contributed by atoms with Gasteiger partial charge in [0.05, 0.1) is 0 Å². The Kier molecular flexibility index (Phi) is 8.61. The third-order valence-electron chi connectivity index (χ3n) is 5.72. The SMILES string of the molecule is CCNC(=O)[C@@H](CC)N(Cc1ccccc1)C(=O)CC(c1ccccc1)c1ccccc1. The second kappa shape index (κ2) is 11.8. The van der Waals surface area contributed by atoms with E-state index in [2.05, 4.69) is 29.6 Å². The first kappa shape index (κ1) is 23.3. The Hall–Kier alpha value is -3.40. The Balaban J connectivity index is 1.93. The molecule has 166 valence electrons. The summed E-state index contributed by atoms with van der Waals surface area (Å²) in [6.07, 6.45) is 0.864. The van der Waals surface area contributed by atoms with Crippen LogP contribution >= 0.6 is 0 Å². The summed E-state index contributed by atoms with van der Waals surface area (Å²) in [5.41, 5.74) is 3.20. The lowest BCUT2D eigenvalue weighted by Crippen LogP contribution is -2.49. The van der Waals surface area contributed by atoms with Crippen LogP contribution in [0, 0.1) is 0 Å². The van der Waals surface area contributed by atoms with Crippen LogP contribution < -0.4 is 5.32 Å². The van der Waals surface area contributed by atoms with Crippen molar-refractivity contribution < 1.29 is 9.59 Å². The molecule has 0 radical (unpaired) electrons. The van der Waals surface area contributed by atoms with Crippen LogP contribution in [-0.2, 0) is 16.1 Å². The van der Waals surface area contributed by atoms with Gasteiger partial charge in [-0.05, 0) is 30.0 Å². The van der Waals surface area contributed by atoms with Crippen molar-refractivity contribution in [3.05, 3.63) is 108 Å². The number of likely N-dealkylation sites (N-methyl/N-ethyl adjacent to an activating group) is 1. The van der Waals surface area contributed by atoms with Crippen LogP contribution in [0.1, 0.15) is 49.3 Å². The summed E-state index contributed by atoms with van der Waals surface area (Å²) in [7, 11) is 0. The molecule has 0 aliphatic heterocycles. The molecule has 0 aromatic heterocycles. The molecule has 4 heteroatoms. The highest BCUT2D eigenvalue weighted by Crippen LogP contribution is 2.29. The van der Waals surface area contributed by atoms with Crippen molar-refractivity contribution in [2.24, 2.45) is 0 Å². The minimum Gasteiger partial charge on any atom is -0.355 e. The molecule has 32 heavy (non-hydrogen) atoms. The van der Waals surface area contributed by atoms with E-state index in [0.29, 0.717) is 25.9 Å². The molecule has 0 fully saturated rings. The minimum atomic E-state index is -0.505. The molecule has 0 spiro atoms. The van der Waals surface area contributed by atoms with E-state index in [-0.39, 0.29) is 17.7 Å². The van der Waals surface area contributed by atoms with Crippen LogP contribution in [0.5, 0.6) is 0 Å². The zero-order valence-electron chi connectivity index (χ0n) is 18.9. The normalized spacial score (nSPS) is 11.7. The average Bonchev–Trinajstić information content (AvgIpc) is 2.84. The van der Waals surface area contributed by atoms with Crippen molar-refractivity contribution in [1.29, 1.82) is 0 Å². The summed E-state index contributed by atoms with van der Waals surface area (Å²) in [6, 6.07) is 29.6. The van der Waals surface area contributed by atoms with Crippen LogP contribution in [0.4, 0.5) is 0 Å². The number of nitrogens with one attached hydrogen (secondary N) is 1. The van der Waals surface area contributed by atoms with Gasteiger partial charge in [-0.15, -0.1) is 0 Å². The Morgan fingerprint density at radius 1 is 0.781 bits per heavy atom. The molecule has 0 bridgehead atoms. The lowest BCUT2D eigenvalue weighted by atomic mass is 9.88. The van der Waals surface area contributed by atoms with Crippen LogP contribution in [-0.4, -0.2) is 29.3 Å². The number of rotatable bonds is 10. The molecule has 0 aliphatic rings. The van der Waals surface area contributed by atoms with Crippen molar-refractivity contribution in [3.8, 4) is 0 Å². The van der Waals surface area contributed by atoms with E-state index in [1.165, 1.54) is 0 Å². The minimum absolute atomic E-state index is 0.0235. The van der Waals surface area contributed by atoms with Crippen LogP contribution in [0.2, 0.25) is 0 Å². The summed E-state index contributed by atoms with van der Waals surface area (Å²) in [5.74, 6) is -0.199. The maximum atomic E-state index is 13.8. The lowest BCUT2D eigenvalue weighted by molar-refractivity contribution is -0.141. The van der Waals surface area contributed by atoms with Gasteiger partial charge in [0.1, 0.15) is 6.04 Å². The van der Waals surface area contributed by atoms with Gasteiger partial charge in [-0.3, -0.25) is 9.59 Å². The van der Waals surface area contributed by atoms with E-state index in [0.717, 1.165) is 16.7 Å². The van der Waals surface area contributed by atoms with Gasteiger partial charge in [0.2, 0.25) is 11.8 Å². The number of hydrogen-bond donors (Lipinski definition) is 1. The Morgan fingerprint density at radius 3 is 1.75 bits per heavy atom. The van der Waals surface area contributed by atoms with E-state index in [1.807, 2.05) is 80.6 Å². The van der Waals surface area contributed by atoms with Gasteiger partial charge in [-0.25, -0.2) is 0 Å². The third kappa shape index (κ3) is 6.07. The topological polar surface area (TPSA) is 49.4 Å². The molecule has 1 atom stereocenters. The molecule has 3 aromatic rings. The molecule has 0 unspecified atom stereocenters. The fraction of sp³-hybridized carbons (Fsp3) is 0.286. The molecule has 0 saturated heterocycles. The zero-order chi connectivity index (χ0) is 22.8. The first-order valence-electron chi connectivity index (χ1n) is 11.3. The van der Waals surface area contributed by atoms with Crippen molar-refractivity contribution in [2.75, 3.05) is 6.54 Å².